The number of ether oxygens (including phenoxy) is 1. The molecule has 0 aliphatic carbocycles. The number of amides is 1. The van der Waals surface area contributed by atoms with Gasteiger partial charge in [-0.15, -0.1) is 0 Å². The quantitative estimate of drug-likeness (QED) is 0.772. The average Bonchev–Trinajstić information content (AvgIpc) is 3.24. The highest BCUT2D eigenvalue weighted by molar-refractivity contribution is 5.93. The highest BCUT2D eigenvalue weighted by atomic mass is 16.5. The number of esters is 1. The van der Waals surface area contributed by atoms with Crippen molar-refractivity contribution in [2.45, 2.75) is 25.8 Å². The zero-order chi connectivity index (χ0) is 18.5. The Morgan fingerprint density at radius 1 is 1.27 bits per heavy atom. The molecule has 6 nitrogen and oxygen atoms in total. The van der Waals surface area contributed by atoms with Gasteiger partial charge in [-0.05, 0) is 43.3 Å². The summed E-state index contributed by atoms with van der Waals surface area (Å²) in [4.78, 5) is 25.4. The van der Waals surface area contributed by atoms with E-state index in [-0.39, 0.29) is 11.9 Å². The maximum atomic E-state index is 12.5. The van der Waals surface area contributed by atoms with Gasteiger partial charge in [0.15, 0.2) is 6.54 Å². The standard InChI is InChI=1S/C20H25N3O3/c1-3-26-20(25)15-8-10-16(11-9-15)21-19(24)14-23-13-5-7-18(23)17-6-4-12-22(17)2/h4,6,8-12,18H,3,5,7,13-14H2,1-2H3,(H,21,24)/p+1/t18-/m0/s1. The zero-order valence-corrected chi connectivity index (χ0v) is 15.3. The van der Waals surface area contributed by atoms with Crippen molar-refractivity contribution in [3.63, 3.8) is 0 Å². The minimum atomic E-state index is -0.350. The van der Waals surface area contributed by atoms with Gasteiger partial charge in [-0.3, -0.25) is 4.79 Å². The minimum Gasteiger partial charge on any atom is -0.462 e. The molecule has 1 aliphatic rings. The summed E-state index contributed by atoms with van der Waals surface area (Å²) in [5.74, 6) is -0.359. The molecule has 6 heteroatoms. The number of quaternary nitrogens is 1. The number of likely N-dealkylation sites (tertiary alicyclic amines) is 1. The van der Waals surface area contributed by atoms with E-state index in [1.165, 1.54) is 10.6 Å². The van der Waals surface area contributed by atoms with Crippen LogP contribution in [0.2, 0.25) is 0 Å². The van der Waals surface area contributed by atoms with Gasteiger partial charge in [0.2, 0.25) is 0 Å². The minimum absolute atomic E-state index is 0.00926. The molecule has 1 fully saturated rings. The van der Waals surface area contributed by atoms with Crippen molar-refractivity contribution in [1.82, 2.24) is 4.57 Å². The molecule has 1 aliphatic heterocycles. The van der Waals surface area contributed by atoms with Crippen LogP contribution >= 0.6 is 0 Å². The summed E-state index contributed by atoms with van der Waals surface area (Å²) < 4.78 is 7.10. The molecule has 1 unspecified atom stereocenters. The number of hydrogen-bond donors (Lipinski definition) is 2. The number of nitrogens with one attached hydrogen (secondary N) is 2. The van der Waals surface area contributed by atoms with E-state index < -0.39 is 0 Å². The third-order valence-corrected chi connectivity index (χ3v) is 4.89. The van der Waals surface area contributed by atoms with Crippen molar-refractivity contribution in [3.05, 3.63) is 53.9 Å². The van der Waals surface area contributed by atoms with Crippen LogP contribution in [0.4, 0.5) is 5.69 Å². The number of hydrogen-bond acceptors (Lipinski definition) is 3. The topological polar surface area (TPSA) is 64.8 Å². The van der Waals surface area contributed by atoms with Crippen LogP contribution in [0, 0.1) is 0 Å². The van der Waals surface area contributed by atoms with Crippen molar-refractivity contribution in [2.75, 3.05) is 25.0 Å². The first-order valence-corrected chi connectivity index (χ1v) is 9.11. The Bertz CT molecular complexity index is 767. The highest BCUT2D eigenvalue weighted by Gasteiger charge is 2.32. The summed E-state index contributed by atoms with van der Waals surface area (Å²) in [6, 6.07) is 11.4. The summed E-state index contributed by atoms with van der Waals surface area (Å²) in [5.41, 5.74) is 2.46. The number of aromatic nitrogens is 1. The summed E-state index contributed by atoms with van der Waals surface area (Å²) >= 11 is 0. The van der Waals surface area contributed by atoms with Crippen LogP contribution in [0.1, 0.15) is 41.9 Å². The Morgan fingerprint density at radius 2 is 2.04 bits per heavy atom. The van der Waals surface area contributed by atoms with Crippen LogP contribution < -0.4 is 10.2 Å². The summed E-state index contributed by atoms with van der Waals surface area (Å²) in [6.45, 7) is 3.56. The lowest BCUT2D eigenvalue weighted by molar-refractivity contribution is -0.910. The predicted molar refractivity (Wildman–Crippen MR) is 99.1 cm³/mol. The summed E-state index contributed by atoms with van der Waals surface area (Å²) in [7, 11) is 2.05. The zero-order valence-electron chi connectivity index (χ0n) is 15.3. The highest BCUT2D eigenvalue weighted by Crippen LogP contribution is 2.19. The van der Waals surface area contributed by atoms with Crippen LogP contribution in [-0.4, -0.2) is 36.1 Å². The molecular weight excluding hydrogens is 330 g/mol. The Balaban J connectivity index is 1.58. The third kappa shape index (κ3) is 4.14. The fourth-order valence-electron chi connectivity index (χ4n) is 3.63. The Kier molecular flexibility index (Phi) is 5.73. The van der Waals surface area contributed by atoms with Crippen LogP contribution in [0.5, 0.6) is 0 Å². The average molecular weight is 356 g/mol. The van der Waals surface area contributed by atoms with E-state index in [1.807, 2.05) is 0 Å². The summed E-state index contributed by atoms with van der Waals surface area (Å²) in [5, 5.41) is 2.93. The lowest BCUT2D eigenvalue weighted by Crippen LogP contribution is -3.11. The SMILES string of the molecule is CCOC(=O)c1ccc(NC(=O)C[NH+]2CCC[C@H]2c2cccn2C)cc1. The molecule has 1 aromatic carbocycles. The van der Waals surface area contributed by atoms with Gasteiger partial charge in [0.25, 0.3) is 5.91 Å². The van der Waals surface area contributed by atoms with E-state index >= 15 is 0 Å². The Morgan fingerprint density at radius 3 is 2.69 bits per heavy atom. The molecule has 2 aromatic rings. The van der Waals surface area contributed by atoms with Crippen molar-refractivity contribution < 1.29 is 19.2 Å². The molecular formula is C20H26N3O3+. The smallest absolute Gasteiger partial charge is 0.338 e. The number of carbonyl (C=O) groups is 2. The first-order valence-electron chi connectivity index (χ1n) is 9.11. The number of aryl methyl sites for hydroxylation is 1. The largest absolute Gasteiger partial charge is 0.462 e. The van der Waals surface area contributed by atoms with Gasteiger partial charge in [0.05, 0.1) is 24.4 Å². The van der Waals surface area contributed by atoms with Gasteiger partial charge in [-0.2, -0.15) is 0 Å². The Hall–Kier alpha value is -2.60. The molecule has 1 aromatic heterocycles. The van der Waals surface area contributed by atoms with Crippen LogP contribution in [0.3, 0.4) is 0 Å². The number of benzene rings is 1. The van der Waals surface area contributed by atoms with E-state index in [0.29, 0.717) is 30.4 Å². The number of nitrogens with zero attached hydrogens (tertiary/aromatic N) is 1. The number of carbonyl (C=O) groups excluding carboxylic acids is 2. The van der Waals surface area contributed by atoms with Gasteiger partial charge >= 0.3 is 5.97 Å². The van der Waals surface area contributed by atoms with Crippen molar-refractivity contribution in [3.8, 4) is 0 Å². The van der Waals surface area contributed by atoms with E-state index in [9.17, 15) is 9.59 Å². The number of rotatable bonds is 6. The lowest BCUT2D eigenvalue weighted by Gasteiger charge is -2.21. The van der Waals surface area contributed by atoms with Gasteiger partial charge in [0, 0.05) is 31.8 Å². The first kappa shape index (κ1) is 18.2. The van der Waals surface area contributed by atoms with Crippen LogP contribution in [-0.2, 0) is 16.6 Å². The molecule has 2 heterocycles. The molecule has 138 valence electrons. The molecule has 2 atom stereocenters. The van der Waals surface area contributed by atoms with Crippen molar-refractivity contribution >= 4 is 17.6 Å². The lowest BCUT2D eigenvalue weighted by atomic mass is 10.1. The normalized spacial score (nSPS) is 19.3. The van der Waals surface area contributed by atoms with Gasteiger partial charge in [-0.25, -0.2) is 4.79 Å². The van der Waals surface area contributed by atoms with E-state index in [2.05, 4.69) is 35.3 Å². The molecule has 0 bridgehead atoms. The maximum absolute atomic E-state index is 12.5. The van der Waals surface area contributed by atoms with Gasteiger partial charge in [0.1, 0.15) is 6.04 Å². The first-order chi connectivity index (χ1) is 12.6. The molecule has 0 saturated carbocycles. The molecule has 1 saturated heterocycles. The molecule has 3 rings (SSSR count). The fraction of sp³-hybridized carbons (Fsp3) is 0.400. The van der Waals surface area contributed by atoms with Crippen molar-refractivity contribution in [1.29, 1.82) is 0 Å². The van der Waals surface area contributed by atoms with Crippen molar-refractivity contribution in [2.24, 2.45) is 7.05 Å². The van der Waals surface area contributed by atoms with Crippen LogP contribution in [0.25, 0.3) is 0 Å². The van der Waals surface area contributed by atoms with Gasteiger partial charge in [-0.1, -0.05) is 0 Å². The monoisotopic (exact) mass is 356 g/mol. The molecule has 2 N–H and O–H groups in total. The predicted octanol–water partition coefficient (Wildman–Crippen LogP) is 1.56. The van der Waals surface area contributed by atoms with E-state index in [1.54, 1.807) is 31.2 Å². The Labute approximate surface area is 153 Å². The summed E-state index contributed by atoms with van der Waals surface area (Å²) in [6.07, 6.45) is 4.29. The molecule has 0 radical (unpaired) electrons. The number of anilines is 1. The molecule has 0 spiro atoms. The van der Waals surface area contributed by atoms with E-state index in [0.717, 1.165) is 19.4 Å². The van der Waals surface area contributed by atoms with E-state index in [4.69, 9.17) is 4.74 Å². The molecule has 1 amide bonds. The second-order valence-corrected chi connectivity index (χ2v) is 6.67. The van der Waals surface area contributed by atoms with Gasteiger partial charge < -0.3 is 19.5 Å². The third-order valence-electron chi connectivity index (χ3n) is 4.89. The fourth-order valence-corrected chi connectivity index (χ4v) is 3.63. The van der Waals surface area contributed by atoms with Crippen LogP contribution in [0.15, 0.2) is 42.6 Å². The maximum Gasteiger partial charge on any atom is 0.338 e. The second kappa shape index (κ2) is 8.19. The molecule has 26 heavy (non-hydrogen) atoms. The second-order valence-electron chi connectivity index (χ2n) is 6.67.